The van der Waals surface area contributed by atoms with Crippen LogP contribution in [0.4, 0.5) is 10.3 Å². The average Bonchev–Trinajstić information content (AvgIpc) is 2.71. The van der Waals surface area contributed by atoms with E-state index in [-0.39, 0.29) is 12.4 Å². The van der Waals surface area contributed by atoms with Crippen LogP contribution in [0.15, 0.2) is 30.9 Å². The van der Waals surface area contributed by atoms with E-state index in [0.29, 0.717) is 30.1 Å². The normalized spacial score (nSPS) is 10.7. The molecule has 0 amide bonds. The summed E-state index contributed by atoms with van der Waals surface area (Å²) in [7, 11) is 0. The quantitative estimate of drug-likeness (QED) is 0.775. The van der Waals surface area contributed by atoms with E-state index in [1.165, 1.54) is 12.1 Å². The van der Waals surface area contributed by atoms with E-state index in [9.17, 15) is 4.39 Å². The van der Waals surface area contributed by atoms with Gasteiger partial charge in [-0.2, -0.15) is 0 Å². The van der Waals surface area contributed by atoms with Gasteiger partial charge in [0, 0.05) is 13.1 Å². The summed E-state index contributed by atoms with van der Waals surface area (Å²) in [5, 5.41) is 8.97. The lowest BCUT2D eigenvalue weighted by Crippen LogP contribution is -2.27. The van der Waals surface area contributed by atoms with Gasteiger partial charge in [0.25, 0.3) is 0 Å². The van der Waals surface area contributed by atoms with Crippen molar-refractivity contribution >= 4 is 17.0 Å². The second-order valence-electron chi connectivity index (χ2n) is 3.68. The number of hydrogen-bond acceptors (Lipinski definition) is 3. The van der Waals surface area contributed by atoms with Crippen LogP contribution in [0.2, 0.25) is 0 Å². The van der Waals surface area contributed by atoms with Crippen LogP contribution in [0, 0.1) is 5.82 Å². The Morgan fingerprint density at radius 1 is 1.53 bits per heavy atom. The third-order valence-electron chi connectivity index (χ3n) is 2.45. The highest BCUT2D eigenvalue weighted by atomic mass is 19.1. The van der Waals surface area contributed by atoms with Crippen LogP contribution >= 0.6 is 0 Å². The summed E-state index contributed by atoms with van der Waals surface area (Å²) >= 11 is 0. The van der Waals surface area contributed by atoms with Crippen LogP contribution in [0.25, 0.3) is 11.0 Å². The van der Waals surface area contributed by atoms with E-state index >= 15 is 0 Å². The highest BCUT2D eigenvalue weighted by Gasteiger charge is 2.09. The maximum absolute atomic E-state index is 13.0. The molecule has 0 radical (unpaired) electrons. The van der Waals surface area contributed by atoms with Crippen molar-refractivity contribution < 1.29 is 9.50 Å². The largest absolute Gasteiger partial charge is 0.395 e. The Kier molecular flexibility index (Phi) is 3.39. The van der Waals surface area contributed by atoms with Crippen LogP contribution < -0.4 is 4.90 Å². The SMILES string of the molecule is C=CCN(CCO)c1nc2ccc(F)cc2[nH]1. The molecule has 0 bridgehead atoms. The van der Waals surface area contributed by atoms with Gasteiger partial charge in [-0.05, 0) is 18.2 Å². The summed E-state index contributed by atoms with van der Waals surface area (Å²) in [6, 6.07) is 4.39. The molecule has 0 saturated heterocycles. The van der Waals surface area contributed by atoms with Gasteiger partial charge < -0.3 is 15.0 Å². The first-order chi connectivity index (χ1) is 8.24. The fourth-order valence-corrected chi connectivity index (χ4v) is 1.68. The molecule has 2 N–H and O–H groups in total. The second kappa shape index (κ2) is 4.97. The van der Waals surface area contributed by atoms with Crippen molar-refractivity contribution in [3.63, 3.8) is 0 Å². The summed E-state index contributed by atoms with van der Waals surface area (Å²) in [6.45, 7) is 4.70. The van der Waals surface area contributed by atoms with Gasteiger partial charge in [-0.3, -0.25) is 0 Å². The maximum atomic E-state index is 13.0. The molecule has 90 valence electrons. The predicted octanol–water partition coefficient (Wildman–Crippen LogP) is 1.69. The minimum Gasteiger partial charge on any atom is -0.395 e. The number of nitrogens with one attached hydrogen (secondary N) is 1. The third kappa shape index (κ3) is 2.45. The number of H-pyrrole nitrogens is 1. The van der Waals surface area contributed by atoms with Crippen molar-refractivity contribution in [1.29, 1.82) is 0 Å². The predicted molar refractivity (Wildman–Crippen MR) is 65.5 cm³/mol. The smallest absolute Gasteiger partial charge is 0.204 e. The number of aromatic nitrogens is 2. The third-order valence-corrected chi connectivity index (χ3v) is 2.45. The second-order valence-corrected chi connectivity index (χ2v) is 3.68. The van der Waals surface area contributed by atoms with Gasteiger partial charge in [0.2, 0.25) is 5.95 Å². The van der Waals surface area contributed by atoms with Gasteiger partial charge in [0.15, 0.2) is 0 Å². The zero-order valence-electron chi connectivity index (χ0n) is 9.36. The number of benzene rings is 1. The van der Waals surface area contributed by atoms with Crippen LogP contribution in [0.1, 0.15) is 0 Å². The molecule has 0 aliphatic carbocycles. The Labute approximate surface area is 98.4 Å². The number of fused-ring (bicyclic) bond motifs is 1. The zero-order chi connectivity index (χ0) is 12.3. The summed E-state index contributed by atoms with van der Waals surface area (Å²) in [5.74, 6) is 0.310. The first kappa shape index (κ1) is 11.6. The lowest BCUT2D eigenvalue weighted by atomic mass is 10.3. The van der Waals surface area contributed by atoms with Crippen molar-refractivity contribution in [3.05, 3.63) is 36.7 Å². The van der Waals surface area contributed by atoms with Gasteiger partial charge in [0.1, 0.15) is 5.82 Å². The standard InChI is InChI=1S/C12H14FN3O/c1-2-5-16(6-7-17)12-14-10-4-3-9(13)8-11(10)15-12/h2-4,8,17H,1,5-7H2,(H,14,15). The van der Waals surface area contributed by atoms with Gasteiger partial charge in [-0.15, -0.1) is 6.58 Å². The number of aliphatic hydroxyl groups excluding tert-OH is 1. The van der Waals surface area contributed by atoms with Crippen molar-refractivity contribution in [2.45, 2.75) is 0 Å². The van der Waals surface area contributed by atoms with Gasteiger partial charge in [0.05, 0.1) is 17.6 Å². The van der Waals surface area contributed by atoms with E-state index in [1.54, 1.807) is 12.1 Å². The van der Waals surface area contributed by atoms with Crippen LogP contribution in [0.5, 0.6) is 0 Å². The van der Waals surface area contributed by atoms with E-state index < -0.39 is 0 Å². The monoisotopic (exact) mass is 235 g/mol. The first-order valence-electron chi connectivity index (χ1n) is 5.36. The Bertz CT molecular complexity index is 523. The zero-order valence-corrected chi connectivity index (χ0v) is 9.36. The highest BCUT2D eigenvalue weighted by molar-refractivity contribution is 5.77. The molecule has 2 aromatic rings. The number of imidazole rings is 1. The molecule has 1 heterocycles. The average molecular weight is 235 g/mol. The summed E-state index contributed by atoms with van der Waals surface area (Å²) in [5.41, 5.74) is 1.35. The van der Waals surface area contributed by atoms with Gasteiger partial charge >= 0.3 is 0 Å². The number of halogens is 1. The number of aromatic amines is 1. The number of anilines is 1. The minimum absolute atomic E-state index is 0.0270. The molecule has 2 rings (SSSR count). The van der Waals surface area contributed by atoms with Crippen molar-refractivity contribution in [1.82, 2.24) is 9.97 Å². The van der Waals surface area contributed by atoms with Gasteiger partial charge in [-0.25, -0.2) is 9.37 Å². The number of aliphatic hydroxyl groups is 1. The molecule has 0 spiro atoms. The van der Waals surface area contributed by atoms with Crippen molar-refractivity contribution in [3.8, 4) is 0 Å². The minimum atomic E-state index is -0.301. The van der Waals surface area contributed by atoms with Crippen molar-refractivity contribution in [2.75, 3.05) is 24.6 Å². The molecule has 17 heavy (non-hydrogen) atoms. The number of nitrogens with zero attached hydrogens (tertiary/aromatic N) is 2. The molecule has 0 aliphatic heterocycles. The molecule has 0 atom stereocenters. The topological polar surface area (TPSA) is 52.1 Å². The van der Waals surface area contributed by atoms with Gasteiger partial charge in [-0.1, -0.05) is 6.08 Å². The fourth-order valence-electron chi connectivity index (χ4n) is 1.68. The van der Waals surface area contributed by atoms with Crippen LogP contribution in [-0.4, -0.2) is 34.8 Å². The van der Waals surface area contributed by atoms with E-state index in [2.05, 4.69) is 16.5 Å². The van der Waals surface area contributed by atoms with Crippen LogP contribution in [0.3, 0.4) is 0 Å². The first-order valence-corrected chi connectivity index (χ1v) is 5.36. The molecular weight excluding hydrogens is 221 g/mol. The molecule has 4 nitrogen and oxygen atoms in total. The Hall–Kier alpha value is -1.88. The summed E-state index contributed by atoms with van der Waals surface area (Å²) < 4.78 is 13.0. The van der Waals surface area contributed by atoms with E-state index in [4.69, 9.17) is 5.11 Å². The molecule has 0 unspecified atom stereocenters. The summed E-state index contributed by atoms with van der Waals surface area (Å²) in [6.07, 6.45) is 1.73. The maximum Gasteiger partial charge on any atom is 0.204 e. The number of hydrogen-bond donors (Lipinski definition) is 2. The lowest BCUT2D eigenvalue weighted by molar-refractivity contribution is 0.302. The molecule has 0 aliphatic rings. The molecule has 0 fully saturated rings. The van der Waals surface area contributed by atoms with E-state index in [0.717, 1.165) is 0 Å². The fraction of sp³-hybridized carbons (Fsp3) is 0.250. The molecule has 1 aromatic heterocycles. The van der Waals surface area contributed by atoms with Crippen LogP contribution in [-0.2, 0) is 0 Å². The Balaban J connectivity index is 2.36. The number of rotatable bonds is 5. The Morgan fingerprint density at radius 2 is 2.35 bits per heavy atom. The molecule has 1 aromatic carbocycles. The molecular formula is C12H14FN3O. The summed E-state index contributed by atoms with van der Waals surface area (Å²) in [4.78, 5) is 9.20. The van der Waals surface area contributed by atoms with Crippen molar-refractivity contribution in [2.24, 2.45) is 0 Å². The highest BCUT2D eigenvalue weighted by Crippen LogP contribution is 2.18. The Morgan fingerprint density at radius 3 is 3.06 bits per heavy atom. The molecule has 0 saturated carbocycles. The lowest BCUT2D eigenvalue weighted by Gasteiger charge is -2.18. The van der Waals surface area contributed by atoms with E-state index in [1.807, 2.05) is 4.90 Å². The molecule has 5 heteroatoms.